The predicted molar refractivity (Wildman–Crippen MR) is 66.7 cm³/mol. The molecule has 1 aromatic rings. The van der Waals surface area contributed by atoms with Crippen molar-refractivity contribution < 1.29 is 9.90 Å². The van der Waals surface area contributed by atoms with Crippen LogP contribution >= 0.6 is 0 Å². The molecule has 1 aliphatic rings. The van der Waals surface area contributed by atoms with Crippen LogP contribution in [-0.2, 0) is 0 Å². The van der Waals surface area contributed by atoms with Crippen molar-refractivity contribution in [1.82, 2.24) is 5.32 Å². The van der Waals surface area contributed by atoms with Crippen molar-refractivity contribution in [1.29, 1.82) is 0 Å². The smallest absolute Gasteiger partial charge is 0.251 e. The SMILES string of the molecule is Cc1cc(N)cc(C(=O)NC2(CO)CCC2)c1. The number of carbonyl (C=O) groups is 1. The first-order valence-corrected chi connectivity index (χ1v) is 5.85. The molecular formula is C13H18N2O2. The van der Waals surface area contributed by atoms with Gasteiger partial charge < -0.3 is 16.2 Å². The van der Waals surface area contributed by atoms with E-state index in [0.29, 0.717) is 11.3 Å². The Bertz CT molecular complexity index is 413. The number of aliphatic hydroxyl groups excluding tert-OH is 1. The number of nitrogens with two attached hydrogens (primary N) is 1. The number of aryl methyl sites for hydroxylation is 1. The summed E-state index contributed by atoms with van der Waals surface area (Å²) in [6.07, 6.45) is 2.74. The molecule has 1 aromatic carbocycles. The molecule has 4 heteroatoms. The van der Waals surface area contributed by atoms with Gasteiger partial charge in [-0.15, -0.1) is 0 Å². The minimum atomic E-state index is -0.407. The first-order valence-electron chi connectivity index (χ1n) is 5.85. The predicted octanol–water partition coefficient (Wildman–Crippen LogP) is 1.22. The summed E-state index contributed by atoms with van der Waals surface area (Å²) in [5, 5.41) is 12.2. The fourth-order valence-electron chi connectivity index (χ4n) is 2.18. The zero-order valence-corrected chi connectivity index (χ0v) is 9.99. The lowest BCUT2D eigenvalue weighted by Gasteiger charge is -2.41. The van der Waals surface area contributed by atoms with Crippen LogP contribution in [0.4, 0.5) is 5.69 Å². The fraction of sp³-hybridized carbons (Fsp3) is 0.462. The van der Waals surface area contributed by atoms with Gasteiger partial charge in [-0.2, -0.15) is 0 Å². The van der Waals surface area contributed by atoms with Crippen LogP contribution in [0, 0.1) is 6.92 Å². The summed E-state index contributed by atoms with van der Waals surface area (Å²) in [6.45, 7) is 1.90. The summed E-state index contributed by atoms with van der Waals surface area (Å²) in [5.41, 5.74) is 7.41. The molecular weight excluding hydrogens is 216 g/mol. The molecule has 0 radical (unpaired) electrons. The fourth-order valence-corrected chi connectivity index (χ4v) is 2.18. The van der Waals surface area contributed by atoms with Crippen LogP contribution < -0.4 is 11.1 Å². The van der Waals surface area contributed by atoms with Crippen LogP contribution in [0.1, 0.15) is 35.2 Å². The van der Waals surface area contributed by atoms with Gasteiger partial charge in [-0.05, 0) is 49.9 Å². The number of nitrogens with one attached hydrogen (secondary N) is 1. The Hall–Kier alpha value is -1.55. The highest BCUT2D eigenvalue weighted by Gasteiger charge is 2.37. The number of hydrogen-bond donors (Lipinski definition) is 3. The summed E-state index contributed by atoms with van der Waals surface area (Å²) in [4.78, 5) is 12.0. The Morgan fingerprint density at radius 3 is 2.65 bits per heavy atom. The van der Waals surface area contributed by atoms with Gasteiger partial charge in [0.1, 0.15) is 0 Å². The Morgan fingerprint density at radius 2 is 2.18 bits per heavy atom. The van der Waals surface area contributed by atoms with Crippen molar-refractivity contribution in [3.05, 3.63) is 29.3 Å². The Kier molecular flexibility index (Phi) is 3.07. The molecule has 2 rings (SSSR count). The normalized spacial score (nSPS) is 17.3. The van der Waals surface area contributed by atoms with E-state index in [2.05, 4.69) is 5.32 Å². The van der Waals surface area contributed by atoms with Crippen molar-refractivity contribution in [2.45, 2.75) is 31.7 Å². The van der Waals surface area contributed by atoms with Gasteiger partial charge in [0.15, 0.2) is 0 Å². The topological polar surface area (TPSA) is 75.4 Å². The third-order valence-electron chi connectivity index (χ3n) is 3.35. The minimum absolute atomic E-state index is 0.0000376. The quantitative estimate of drug-likeness (QED) is 0.688. The van der Waals surface area contributed by atoms with Gasteiger partial charge in [-0.25, -0.2) is 0 Å². The molecule has 4 nitrogen and oxygen atoms in total. The minimum Gasteiger partial charge on any atom is -0.399 e. The molecule has 1 fully saturated rings. The number of nitrogen functional groups attached to an aromatic ring is 1. The second kappa shape index (κ2) is 4.37. The summed E-state index contributed by atoms with van der Waals surface area (Å²) >= 11 is 0. The lowest BCUT2D eigenvalue weighted by molar-refractivity contribution is 0.0641. The molecule has 1 saturated carbocycles. The van der Waals surface area contributed by atoms with E-state index in [1.807, 2.05) is 13.0 Å². The molecule has 0 saturated heterocycles. The number of carbonyl (C=O) groups excluding carboxylic acids is 1. The maximum absolute atomic E-state index is 12.0. The zero-order valence-electron chi connectivity index (χ0n) is 9.99. The van der Waals surface area contributed by atoms with Gasteiger partial charge in [0.2, 0.25) is 0 Å². The monoisotopic (exact) mass is 234 g/mol. The Morgan fingerprint density at radius 1 is 1.47 bits per heavy atom. The maximum Gasteiger partial charge on any atom is 0.251 e. The highest BCUT2D eigenvalue weighted by molar-refractivity contribution is 5.95. The van der Waals surface area contributed by atoms with Crippen LogP contribution in [0.5, 0.6) is 0 Å². The van der Waals surface area contributed by atoms with Crippen LogP contribution in [0.25, 0.3) is 0 Å². The highest BCUT2D eigenvalue weighted by Crippen LogP contribution is 2.31. The molecule has 0 heterocycles. The molecule has 4 N–H and O–H groups in total. The number of amides is 1. The molecule has 0 aliphatic heterocycles. The molecule has 17 heavy (non-hydrogen) atoms. The second-order valence-corrected chi connectivity index (χ2v) is 4.88. The molecule has 92 valence electrons. The average Bonchev–Trinajstić information content (AvgIpc) is 2.21. The van der Waals surface area contributed by atoms with Crippen LogP contribution in [0.3, 0.4) is 0 Å². The molecule has 0 bridgehead atoms. The van der Waals surface area contributed by atoms with Gasteiger partial charge >= 0.3 is 0 Å². The van der Waals surface area contributed by atoms with E-state index in [-0.39, 0.29) is 12.5 Å². The van der Waals surface area contributed by atoms with Crippen molar-refractivity contribution in [3.63, 3.8) is 0 Å². The number of aliphatic hydroxyl groups is 1. The van der Waals surface area contributed by atoms with Crippen molar-refractivity contribution in [2.24, 2.45) is 0 Å². The number of hydrogen-bond acceptors (Lipinski definition) is 3. The molecule has 0 spiro atoms. The highest BCUT2D eigenvalue weighted by atomic mass is 16.3. The van der Waals surface area contributed by atoms with E-state index in [9.17, 15) is 9.90 Å². The lowest BCUT2D eigenvalue weighted by Crippen LogP contribution is -2.56. The molecule has 0 aromatic heterocycles. The van der Waals surface area contributed by atoms with E-state index >= 15 is 0 Å². The largest absolute Gasteiger partial charge is 0.399 e. The van der Waals surface area contributed by atoms with E-state index < -0.39 is 5.54 Å². The van der Waals surface area contributed by atoms with E-state index in [1.54, 1.807) is 12.1 Å². The number of benzene rings is 1. The van der Waals surface area contributed by atoms with Crippen molar-refractivity contribution in [2.75, 3.05) is 12.3 Å². The van der Waals surface area contributed by atoms with Crippen LogP contribution in [-0.4, -0.2) is 23.2 Å². The van der Waals surface area contributed by atoms with Gasteiger partial charge in [0.05, 0.1) is 12.1 Å². The molecule has 1 amide bonds. The standard InChI is InChI=1S/C13H18N2O2/c1-9-5-10(7-11(14)6-9)12(17)15-13(8-16)3-2-4-13/h5-7,16H,2-4,8,14H2,1H3,(H,15,17). The molecule has 1 aliphatic carbocycles. The summed E-state index contributed by atoms with van der Waals surface area (Å²) < 4.78 is 0. The van der Waals surface area contributed by atoms with Crippen molar-refractivity contribution >= 4 is 11.6 Å². The van der Waals surface area contributed by atoms with Crippen molar-refractivity contribution in [3.8, 4) is 0 Å². The number of rotatable bonds is 3. The first-order chi connectivity index (χ1) is 8.04. The third kappa shape index (κ3) is 2.42. The third-order valence-corrected chi connectivity index (χ3v) is 3.35. The van der Waals surface area contributed by atoms with Crippen LogP contribution in [0.15, 0.2) is 18.2 Å². The molecule has 0 atom stereocenters. The summed E-state index contributed by atoms with van der Waals surface area (Å²) in [6, 6.07) is 5.28. The summed E-state index contributed by atoms with van der Waals surface area (Å²) in [5.74, 6) is -0.158. The Labute approximate surface area is 101 Å². The second-order valence-electron chi connectivity index (χ2n) is 4.88. The zero-order chi connectivity index (χ0) is 12.5. The Balaban J connectivity index is 2.14. The van der Waals surface area contributed by atoms with Crippen LogP contribution in [0.2, 0.25) is 0 Å². The molecule has 0 unspecified atom stereocenters. The average molecular weight is 234 g/mol. The van der Waals surface area contributed by atoms with E-state index in [0.717, 1.165) is 24.8 Å². The van der Waals surface area contributed by atoms with E-state index in [1.165, 1.54) is 0 Å². The summed E-state index contributed by atoms with van der Waals surface area (Å²) in [7, 11) is 0. The van der Waals surface area contributed by atoms with Gasteiger partial charge in [0, 0.05) is 11.3 Å². The number of anilines is 1. The first kappa shape index (κ1) is 11.9. The van der Waals surface area contributed by atoms with E-state index in [4.69, 9.17) is 5.73 Å². The van der Waals surface area contributed by atoms with Gasteiger partial charge in [-0.1, -0.05) is 0 Å². The van der Waals surface area contributed by atoms with Gasteiger partial charge in [-0.3, -0.25) is 4.79 Å². The lowest BCUT2D eigenvalue weighted by atomic mass is 9.77. The van der Waals surface area contributed by atoms with Gasteiger partial charge in [0.25, 0.3) is 5.91 Å². The maximum atomic E-state index is 12.0.